The van der Waals surface area contributed by atoms with Crippen molar-refractivity contribution in [2.24, 2.45) is 16.9 Å². The first-order chi connectivity index (χ1) is 6.49. The fourth-order valence-electron chi connectivity index (χ4n) is 1.86. The van der Waals surface area contributed by atoms with Gasteiger partial charge in [-0.05, 0) is 26.2 Å². The maximum Gasteiger partial charge on any atom is 0.252 e. The zero-order valence-electron chi connectivity index (χ0n) is 9.74. The topological polar surface area (TPSA) is 32.7 Å². The normalized spacial score (nSPS) is 24.4. The van der Waals surface area contributed by atoms with Crippen LogP contribution in [0.25, 0.3) is 0 Å². The van der Waals surface area contributed by atoms with E-state index in [1.165, 1.54) is 0 Å². The number of amides is 1. The number of hydrogen-bond acceptors (Lipinski definition) is 2. The van der Waals surface area contributed by atoms with Crippen LogP contribution in [0.1, 0.15) is 41.0 Å². The van der Waals surface area contributed by atoms with Gasteiger partial charge in [0.2, 0.25) is 0 Å². The van der Waals surface area contributed by atoms with Gasteiger partial charge in [0, 0.05) is 5.71 Å². The Hall–Kier alpha value is -0.860. The van der Waals surface area contributed by atoms with Gasteiger partial charge in [-0.15, -0.1) is 0 Å². The summed E-state index contributed by atoms with van der Waals surface area (Å²) >= 11 is 0. The third-order valence-electron chi connectivity index (χ3n) is 2.88. The van der Waals surface area contributed by atoms with E-state index in [9.17, 15) is 4.79 Å². The van der Waals surface area contributed by atoms with Gasteiger partial charge in [0.05, 0.1) is 12.0 Å². The molecule has 0 fully saturated rings. The summed E-state index contributed by atoms with van der Waals surface area (Å²) in [6, 6.07) is 0.223. The van der Waals surface area contributed by atoms with Crippen molar-refractivity contribution in [2.75, 3.05) is 0 Å². The van der Waals surface area contributed by atoms with Crippen molar-refractivity contribution in [3.8, 4) is 0 Å². The van der Waals surface area contributed by atoms with Crippen molar-refractivity contribution in [3.05, 3.63) is 0 Å². The Morgan fingerprint density at radius 2 is 2.00 bits per heavy atom. The number of hydrazone groups is 1. The van der Waals surface area contributed by atoms with E-state index >= 15 is 0 Å². The zero-order chi connectivity index (χ0) is 10.9. The summed E-state index contributed by atoms with van der Waals surface area (Å²) in [7, 11) is 0. The predicted octanol–water partition coefficient (Wildman–Crippen LogP) is 2.28. The second-order valence-corrected chi connectivity index (χ2v) is 4.40. The lowest BCUT2D eigenvalue weighted by Crippen LogP contribution is -2.35. The number of rotatable bonds is 3. The Kier molecular flexibility index (Phi) is 3.29. The molecule has 0 aromatic carbocycles. The van der Waals surface area contributed by atoms with Gasteiger partial charge in [-0.1, -0.05) is 20.8 Å². The largest absolute Gasteiger partial charge is 0.272 e. The van der Waals surface area contributed by atoms with Gasteiger partial charge >= 0.3 is 0 Å². The van der Waals surface area contributed by atoms with Crippen LogP contribution in [0.5, 0.6) is 0 Å². The summed E-state index contributed by atoms with van der Waals surface area (Å²) in [6.45, 7) is 10.2. The van der Waals surface area contributed by atoms with E-state index in [2.05, 4.69) is 25.9 Å². The van der Waals surface area contributed by atoms with Crippen LogP contribution >= 0.6 is 0 Å². The van der Waals surface area contributed by atoms with Crippen molar-refractivity contribution in [1.29, 1.82) is 0 Å². The number of carbonyl (C=O) groups is 1. The minimum absolute atomic E-state index is 0.00370. The minimum atomic E-state index is 0.00370. The van der Waals surface area contributed by atoms with Crippen LogP contribution in [-0.4, -0.2) is 22.7 Å². The zero-order valence-corrected chi connectivity index (χ0v) is 9.74. The van der Waals surface area contributed by atoms with Crippen molar-refractivity contribution in [3.63, 3.8) is 0 Å². The van der Waals surface area contributed by atoms with Crippen LogP contribution in [0.4, 0.5) is 0 Å². The Morgan fingerprint density at radius 3 is 2.36 bits per heavy atom. The molecule has 2 atom stereocenters. The highest BCUT2D eigenvalue weighted by Gasteiger charge is 2.36. The molecule has 0 N–H and O–H groups in total. The van der Waals surface area contributed by atoms with Gasteiger partial charge < -0.3 is 0 Å². The van der Waals surface area contributed by atoms with Crippen molar-refractivity contribution >= 4 is 11.6 Å². The molecule has 1 rings (SSSR count). The van der Waals surface area contributed by atoms with E-state index < -0.39 is 0 Å². The molecular weight excluding hydrogens is 176 g/mol. The molecule has 0 aromatic rings. The van der Waals surface area contributed by atoms with E-state index in [1.807, 2.05) is 13.8 Å². The molecule has 0 bridgehead atoms. The Balaban J connectivity index is 2.83. The molecule has 1 heterocycles. The summed E-state index contributed by atoms with van der Waals surface area (Å²) < 4.78 is 0. The minimum Gasteiger partial charge on any atom is -0.272 e. The average molecular weight is 196 g/mol. The van der Waals surface area contributed by atoms with Crippen LogP contribution in [0.3, 0.4) is 0 Å². The Bertz CT molecular complexity index is 258. The maximum absolute atomic E-state index is 12.0. The molecule has 14 heavy (non-hydrogen) atoms. The average Bonchev–Trinajstić information content (AvgIpc) is 2.40. The molecule has 1 aliphatic rings. The van der Waals surface area contributed by atoms with Gasteiger partial charge in [0.15, 0.2) is 0 Å². The van der Waals surface area contributed by atoms with E-state index in [4.69, 9.17) is 0 Å². The van der Waals surface area contributed by atoms with Crippen molar-refractivity contribution < 1.29 is 4.79 Å². The smallest absolute Gasteiger partial charge is 0.252 e. The lowest BCUT2D eigenvalue weighted by atomic mass is 9.91. The fourth-order valence-corrected chi connectivity index (χ4v) is 1.86. The fraction of sp³-hybridized carbons (Fsp3) is 0.818. The molecule has 0 saturated carbocycles. The monoisotopic (exact) mass is 196 g/mol. The summed E-state index contributed by atoms with van der Waals surface area (Å²) in [5.41, 5.74) is 0.963. The predicted molar refractivity (Wildman–Crippen MR) is 58.0 cm³/mol. The van der Waals surface area contributed by atoms with Crippen LogP contribution in [0.15, 0.2) is 5.10 Å². The standard InChI is InChI=1S/C11H20N2O/c1-6-8(4)13-11(14)10(7(2)3)9(5)12-13/h7-8,10H,6H2,1-5H3. The van der Waals surface area contributed by atoms with Crippen LogP contribution in [0.2, 0.25) is 0 Å². The van der Waals surface area contributed by atoms with Crippen LogP contribution in [-0.2, 0) is 4.79 Å². The third kappa shape index (κ3) is 1.81. The highest BCUT2D eigenvalue weighted by molar-refractivity contribution is 6.07. The molecule has 3 nitrogen and oxygen atoms in total. The maximum atomic E-state index is 12.0. The number of carbonyl (C=O) groups excluding carboxylic acids is 1. The molecule has 0 radical (unpaired) electrons. The summed E-state index contributed by atoms with van der Waals surface area (Å²) in [6.07, 6.45) is 0.952. The molecule has 0 aromatic heterocycles. The van der Waals surface area contributed by atoms with Crippen LogP contribution in [0, 0.1) is 11.8 Å². The highest BCUT2D eigenvalue weighted by Crippen LogP contribution is 2.25. The molecule has 0 aliphatic carbocycles. The molecule has 3 heteroatoms. The Labute approximate surface area is 86.2 Å². The third-order valence-corrected chi connectivity index (χ3v) is 2.88. The van der Waals surface area contributed by atoms with E-state index in [0.29, 0.717) is 5.92 Å². The van der Waals surface area contributed by atoms with Crippen molar-refractivity contribution in [1.82, 2.24) is 5.01 Å². The SMILES string of the molecule is CCC(C)N1N=C(C)C(C(C)C)C1=O. The first-order valence-electron chi connectivity index (χ1n) is 5.37. The van der Waals surface area contributed by atoms with E-state index in [1.54, 1.807) is 5.01 Å². The summed E-state index contributed by atoms with van der Waals surface area (Å²) in [5.74, 6) is 0.524. The van der Waals surface area contributed by atoms with Gasteiger partial charge in [0.25, 0.3) is 5.91 Å². The second-order valence-electron chi connectivity index (χ2n) is 4.40. The lowest BCUT2D eigenvalue weighted by molar-refractivity contribution is -0.134. The molecule has 0 saturated heterocycles. The van der Waals surface area contributed by atoms with Crippen LogP contribution < -0.4 is 0 Å². The van der Waals surface area contributed by atoms with Crippen molar-refractivity contribution in [2.45, 2.75) is 47.1 Å². The lowest BCUT2D eigenvalue weighted by Gasteiger charge is -2.21. The molecule has 1 amide bonds. The summed E-state index contributed by atoms with van der Waals surface area (Å²) in [5, 5.41) is 6.00. The molecular formula is C11H20N2O. The van der Waals surface area contributed by atoms with Gasteiger partial charge in [-0.2, -0.15) is 5.10 Å². The summed E-state index contributed by atoms with van der Waals surface area (Å²) in [4.78, 5) is 12.0. The van der Waals surface area contributed by atoms with E-state index in [-0.39, 0.29) is 17.9 Å². The molecule has 0 spiro atoms. The van der Waals surface area contributed by atoms with Gasteiger partial charge in [0.1, 0.15) is 0 Å². The number of nitrogens with zero attached hydrogens (tertiary/aromatic N) is 2. The van der Waals surface area contributed by atoms with Gasteiger partial charge in [-0.25, -0.2) is 5.01 Å². The first-order valence-corrected chi connectivity index (χ1v) is 5.37. The Morgan fingerprint density at radius 1 is 1.43 bits per heavy atom. The highest BCUT2D eigenvalue weighted by atomic mass is 16.2. The second kappa shape index (κ2) is 4.11. The molecule has 80 valence electrons. The van der Waals surface area contributed by atoms with E-state index in [0.717, 1.165) is 12.1 Å². The molecule has 1 aliphatic heterocycles. The number of hydrogen-bond donors (Lipinski definition) is 0. The molecule has 2 unspecified atom stereocenters. The van der Waals surface area contributed by atoms with Gasteiger partial charge in [-0.3, -0.25) is 4.79 Å². The quantitative estimate of drug-likeness (QED) is 0.681. The first kappa shape index (κ1) is 11.2.